The van der Waals surface area contributed by atoms with E-state index in [9.17, 15) is 9.59 Å². The quantitative estimate of drug-likeness (QED) is 0.590. The van der Waals surface area contributed by atoms with Gasteiger partial charge in [0.25, 0.3) is 5.91 Å². The molecule has 1 N–H and O–H groups in total. The van der Waals surface area contributed by atoms with Crippen LogP contribution in [0, 0.1) is 17.8 Å². The van der Waals surface area contributed by atoms with Crippen molar-refractivity contribution in [2.45, 2.75) is 32.2 Å². The fourth-order valence-electron chi connectivity index (χ4n) is 2.48. The second-order valence-corrected chi connectivity index (χ2v) is 4.39. The van der Waals surface area contributed by atoms with Crippen LogP contribution in [0.15, 0.2) is 0 Å². The molecule has 2 fully saturated rings. The molecule has 4 heteroatoms. The maximum absolute atomic E-state index is 11.6. The molecule has 0 aromatic carbocycles. The summed E-state index contributed by atoms with van der Waals surface area (Å²) in [6.45, 7) is 3.11. The van der Waals surface area contributed by atoms with Gasteiger partial charge >= 0.3 is 0 Å². The molecule has 4 nitrogen and oxygen atoms in total. The number of hydrogen-bond acceptors (Lipinski definition) is 2. The minimum absolute atomic E-state index is 0.0853. The van der Waals surface area contributed by atoms with Crippen molar-refractivity contribution >= 4 is 11.8 Å². The van der Waals surface area contributed by atoms with Crippen LogP contribution in [0.25, 0.3) is 0 Å². The maximum atomic E-state index is 11.6. The van der Waals surface area contributed by atoms with E-state index >= 15 is 0 Å². The lowest BCUT2D eigenvalue weighted by Gasteiger charge is -2.40. The Morgan fingerprint density at radius 2 is 2.31 bits per heavy atom. The summed E-state index contributed by atoms with van der Waals surface area (Å²) in [5, 5.41) is 3.00. The third-order valence-electron chi connectivity index (χ3n) is 3.34. The van der Waals surface area contributed by atoms with E-state index in [1.54, 1.807) is 11.8 Å². The van der Waals surface area contributed by atoms with E-state index < -0.39 is 0 Å². The predicted octanol–water partition coefficient (Wildman–Crippen LogP) is 0.137. The highest BCUT2D eigenvalue weighted by Crippen LogP contribution is 2.25. The van der Waals surface area contributed by atoms with Crippen molar-refractivity contribution in [3.8, 4) is 11.8 Å². The number of carbonyl (C=O) groups excluding carboxylic acids is 2. The van der Waals surface area contributed by atoms with Crippen molar-refractivity contribution in [2.75, 3.05) is 13.1 Å². The van der Waals surface area contributed by atoms with Crippen molar-refractivity contribution in [3.63, 3.8) is 0 Å². The minimum atomic E-state index is -0.0853. The van der Waals surface area contributed by atoms with Gasteiger partial charge in [0.1, 0.15) is 0 Å². The summed E-state index contributed by atoms with van der Waals surface area (Å²) in [7, 11) is 0. The van der Waals surface area contributed by atoms with E-state index in [1.807, 2.05) is 0 Å². The average Bonchev–Trinajstić information content (AvgIpc) is 2.28. The van der Waals surface area contributed by atoms with Gasteiger partial charge < -0.3 is 10.2 Å². The second-order valence-electron chi connectivity index (χ2n) is 4.39. The van der Waals surface area contributed by atoms with E-state index in [-0.39, 0.29) is 17.9 Å². The zero-order valence-corrected chi connectivity index (χ0v) is 9.45. The van der Waals surface area contributed by atoms with E-state index in [0.717, 1.165) is 19.4 Å². The Hall–Kier alpha value is -1.50. The van der Waals surface area contributed by atoms with Crippen LogP contribution in [-0.4, -0.2) is 35.8 Å². The van der Waals surface area contributed by atoms with Crippen LogP contribution in [0.2, 0.25) is 0 Å². The van der Waals surface area contributed by atoms with Gasteiger partial charge in [-0.1, -0.05) is 5.92 Å². The first-order chi connectivity index (χ1) is 7.70. The summed E-state index contributed by atoms with van der Waals surface area (Å²) in [5.74, 6) is 5.68. The van der Waals surface area contributed by atoms with Gasteiger partial charge in [0.15, 0.2) is 0 Å². The molecule has 2 aliphatic heterocycles. The minimum Gasteiger partial charge on any atom is -0.353 e. The molecule has 2 saturated heterocycles. The molecule has 2 aliphatic rings. The van der Waals surface area contributed by atoms with Gasteiger partial charge in [-0.2, -0.15) is 0 Å². The van der Waals surface area contributed by atoms with Crippen LogP contribution in [-0.2, 0) is 9.59 Å². The molecule has 2 atom stereocenters. The molecule has 2 rings (SSSR count). The molecular formula is C12H16N2O2. The van der Waals surface area contributed by atoms with E-state index in [4.69, 9.17) is 0 Å². The van der Waals surface area contributed by atoms with Gasteiger partial charge in [-0.25, -0.2) is 0 Å². The summed E-state index contributed by atoms with van der Waals surface area (Å²) in [5.41, 5.74) is 0. The van der Waals surface area contributed by atoms with E-state index in [0.29, 0.717) is 18.9 Å². The lowest BCUT2D eigenvalue weighted by atomic mass is 9.85. The monoisotopic (exact) mass is 220 g/mol. The fourth-order valence-corrected chi connectivity index (χ4v) is 2.48. The SMILES string of the molecule is CC#CC(=O)N1CCC2NC(=O)CCC2C1. The highest BCUT2D eigenvalue weighted by atomic mass is 16.2. The van der Waals surface area contributed by atoms with Crippen LogP contribution < -0.4 is 5.32 Å². The average molecular weight is 220 g/mol. The third-order valence-corrected chi connectivity index (χ3v) is 3.34. The summed E-state index contributed by atoms with van der Waals surface area (Å²) in [6.07, 6.45) is 2.33. The van der Waals surface area contributed by atoms with Gasteiger partial charge in [-0.05, 0) is 31.6 Å². The largest absolute Gasteiger partial charge is 0.353 e. The fraction of sp³-hybridized carbons (Fsp3) is 0.667. The first kappa shape index (κ1) is 11.0. The Balaban J connectivity index is 1.97. The number of piperidine rings is 2. The lowest BCUT2D eigenvalue weighted by Crippen LogP contribution is -2.54. The third kappa shape index (κ3) is 2.19. The molecule has 16 heavy (non-hydrogen) atoms. The highest BCUT2D eigenvalue weighted by Gasteiger charge is 2.34. The van der Waals surface area contributed by atoms with Gasteiger partial charge in [0, 0.05) is 25.6 Å². The predicted molar refractivity (Wildman–Crippen MR) is 59.3 cm³/mol. The summed E-state index contributed by atoms with van der Waals surface area (Å²) in [6, 6.07) is 0.264. The number of hydrogen-bond donors (Lipinski definition) is 1. The molecule has 2 heterocycles. The zero-order chi connectivity index (χ0) is 11.5. The molecule has 86 valence electrons. The van der Waals surface area contributed by atoms with Crippen LogP contribution in [0.5, 0.6) is 0 Å². The number of nitrogens with zero attached hydrogens (tertiary/aromatic N) is 1. The second kappa shape index (κ2) is 4.56. The van der Waals surface area contributed by atoms with Crippen LogP contribution in [0.1, 0.15) is 26.2 Å². The summed E-state index contributed by atoms with van der Waals surface area (Å²) in [4.78, 5) is 24.6. The number of carbonyl (C=O) groups is 2. The smallest absolute Gasteiger partial charge is 0.298 e. The van der Waals surface area contributed by atoms with Gasteiger partial charge in [0.2, 0.25) is 5.91 Å². The van der Waals surface area contributed by atoms with E-state index in [1.165, 1.54) is 0 Å². The number of rotatable bonds is 0. The Kier molecular flexibility index (Phi) is 3.14. The van der Waals surface area contributed by atoms with Crippen molar-refractivity contribution in [2.24, 2.45) is 5.92 Å². The van der Waals surface area contributed by atoms with Gasteiger partial charge in [-0.15, -0.1) is 0 Å². The first-order valence-corrected chi connectivity index (χ1v) is 5.71. The molecule has 2 amide bonds. The highest BCUT2D eigenvalue weighted by molar-refractivity contribution is 5.93. The van der Waals surface area contributed by atoms with Crippen molar-refractivity contribution in [3.05, 3.63) is 0 Å². The normalized spacial score (nSPS) is 28.6. The van der Waals surface area contributed by atoms with Gasteiger partial charge in [-0.3, -0.25) is 9.59 Å². The lowest BCUT2D eigenvalue weighted by molar-refractivity contribution is -0.129. The Morgan fingerprint density at radius 3 is 3.06 bits per heavy atom. The molecule has 0 aromatic rings. The molecule has 0 radical (unpaired) electrons. The molecular weight excluding hydrogens is 204 g/mol. The number of fused-ring (bicyclic) bond motifs is 1. The Morgan fingerprint density at radius 1 is 1.50 bits per heavy atom. The standard InChI is InChI=1S/C12H16N2O2/c1-2-3-12(16)14-7-6-10-9(8-14)4-5-11(15)13-10/h9-10H,4-8H2,1H3,(H,13,15). The first-order valence-electron chi connectivity index (χ1n) is 5.71. The molecule has 0 aromatic heterocycles. The number of nitrogens with one attached hydrogen (secondary N) is 1. The van der Waals surface area contributed by atoms with Crippen LogP contribution in [0.3, 0.4) is 0 Å². The summed E-state index contributed by atoms with van der Waals surface area (Å²) >= 11 is 0. The number of amides is 2. The zero-order valence-electron chi connectivity index (χ0n) is 9.45. The van der Waals surface area contributed by atoms with Gasteiger partial charge in [0.05, 0.1) is 0 Å². The van der Waals surface area contributed by atoms with Crippen molar-refractivity contribution in [1.29, 1.82) is 0 Å². The molecule has 0 saturated carbocycles. The van der Waals surface area contributed by atoms with Crippen LogP contribution >= 0.6 is 0 Å². The topological polar surface area (TPSA) is 49.4 Å². The Labute approximate surface area is 95.4 Å². The summed E-state index contributed by atoms with van der Waals surface area (Å²) < 4.78 is 0. The Bertz CT molecular complexity index is 367. The van der Waals surface area contributed by atoms with Crippen molar-refractivity contribution in [1.82, 2.24) is 10.2 Å². The van der Waals surface area contributed by atoms with E-state index in [2.05, 4.69) is 17.2 Å². The molecule has 0 bridgehead atoms. The molecule has 0 aliphatic carbocycles. The number of likely N-dealkylation sites (tertiary alicyclic amines) is 1. The molecule has 0 spiro atoms. The maximum Gasteiger partial charge on any atom is 0.298 e. The van der Waals surface area contributed by atoms with Crippen LogP contribution in [0.4, 0.5) is 0 Å². The van der Waals surface area contributed by atoms with Crippen molar-refractivity contribution < 1.29 is 9.59 Å². The molecule has 2 unspecified atom stereocenters.